The smallest absolute Gasteiger partial charge is 0.0726 e. The Labute approximate surface area is 161 Å². The molecule has 2 unspecified atom stereocenters. The van der Waals surface area contributed by atoms with Gasteiger partial charge < -0.3 is 10.2 Å². The lowest BCUT2D eigenvalue weighted by atomic mass is 9.43. The minimum absolute atomic E-state index is 0.0465. The van der Waals surface area contributed by atoms with E-state index in [0.717, 1.165) is 48.9 Å². The summed E-state index contributed by atoms with van der Waals surface area (Å²) in [5.41, 5.74) is 0.681. The molecule has 25 heavy (non-hydrogen) atoms. The van der Waals surface area contributed by atoms with Crippen molar-refractivity contribution in [1.29, 1.82) is 0 Å². The van der Waals surface area contributed by atoms with Gasteiger partial charge in [0.1, 0.15) is 0 Å². The molecule has 142 valence electrons. The van der Waals surface area contributed by atoms with Crippen molar-refractivity contribution in [3.8, 4) is 0 Å². The summed E-state index contributed by atoms with van der Waals surface area (Å²) >= 11 is 3.83. The molecule has 0 radical (unpaired) electrons. The van der Waals surface area contributed by atoms with E-state index in [-0.39, 0.29) is 17.6 Å². The molecule has 0 amide bonds. The largest absolute Gasteiger partial charge is 0.393 e. The first-order chi connectivity index (χ1) is 12.0. The van der Waals surface area contributed by atoms with E-state index in [2.05, 4.69) is 22.9 Å². The highest BCUT2D eigenvalue weighted by molar-refractivity contribution is 9.09. The number of halogens is 1. The molecule has 0 aromatic carbocycles. The first-order valence-electron chi connectivity index (χ1n) is 11.0. The molecule has 1 spiro atoms. The molecule has 0 aliphatic heterocycles. The van der Waals surface area contributed by atoms with Crippen LogP contribution in [-0.4, -0.2) is 27.2 Å². The lowest BCUT2D eigenvalue weighted by Crippen LogP contribution is -2.59. The van der Waals surface area contributed by atoms with E-state index < -0.39 is 0 Å². The van der Waals surface area contributed by atoms with Crippen LogP contribution in [0.2, 0.25) is 0 Å². The van der Waals surface area contributed by atoms with Crippen LogP contribution in [0.15, 0.2) is 0 Å². The van der Waals surface area contributed by atoms with E-state index in [1.54, 1.807) is 0 Å². The van der Waals surface area contributed by atoms with Crippen LogP contribution in [0.25, 0.3) is 0 Å². The van der Waals surface area contributed by atoms with Gasteiger partial charge in [0.15, 0.2) is 0 Å². The molecule has 5 rings (SSSR count). The van der Waals surface area contributed by atoms with Crippen molar-refractivity contribution in [1.82, 2.24) is 0 Å². The Hall–Kier alpha value is 0.400. The van der Waals surface area contributed by atoms with Gasteiger partial charge in [0.05, 0.1) is 12.2 Å². The van der Waals surface area contributed by atoms with E-state index in [0.29, 0.717) is 10.2 Å². The van der Waals surface area contributed by atoms with Gasteiger partial charge in [0.2, 0.25) is 0 Å². The van der Waals surface area contributed by atoms with Crippen LogP contribution in [0.3, 0.4) is 0 Å². The molecule has 3 heteroatoms. The van der Waals surface area contributed by atoms with Crippen LogP contribution in [0.5, 0.6) is 0 Å². The van der Waals surface area contributed by atoms with E-state index in [1.807, 2.05) is 0 Å². The van der Waals surface area contributed by atoms with E-state index in [4.69, 9.17) is 0 Å². The number of aliphatic hydroxyl groups excluding tert-OH is 2. The van der Waals surface area contributed by atoms with Crippen LogP contribution in [-0.2, 0) is 0 Å². The second-order valence-corrected chi connectivity index (χ2v) is 11.7. The summed E-state index contributed by atoms with van der Waals surface area (Å²) in [6.07, 6.45) is 13.6. The van der Waals surface area contributed by atoms with Gasteiger partial charge in [-0.05, 0) is 106 Å². The summed E-state index contributed by atoms with van der Waals surface area (Å²) < 4.78 is 0. The molecule has 5 aliphatic rings. The van der Waals surface area contributed by atoms with Crippen molar-refractivity contribution < 1.29 is 10.2 Å². The highest BCUT2D eigenvalue weighted by atomic mass is 79.9. The molecule has 2 nitrogen and oxygen atoms in total. The third-order valence-electron chi connectivity index (χ3n) is 10.1. The van der Waals surface area contributed by atoms with Crippen LogP contribution < -0.4 is 0 Å². The second-order valence-electron chi connectivity index (χ2n) is 10.5. The Morgan fingerprint density at radius 1 is 0.800 bits per heavy atom. The molecule has 5 fully saturated rings. The zero-order chi connectivity index (χ0) is 17.4. The number of hydrogen-bond donors (Lipinski definition) is 2. The molecule has 10 atom stereocenters. The first-order valence-corrected chi connectivity index (χ1v) is 11.9. The zero-order valence-electron chi connectivity index (χ0n) is 15.7. The Bertz CT molecular complexity index is 538. The maximum absolute atomic E-state index is 11.3. The van der Waals surface area contributed by atoms with E-state index in [9.17, 15) is 10.2 Å². The summed E-state index contributed by atoms with van der Waals surface area (Å²) in [5.74, 6) is 3.96. The summed E-state index contributed by atoms with van der Waals surface area (Å²) in [5, 5.41) is 21.5. The van der Waals surface area contributed by atoms with Gasteiger partial charge in [-0.25, -0.2) is 0 Å². The number of hydrogen-bond acceptors (Lipinski definition) is 2. The molecule has 0 saturated heterocycles. The highest BCUT2D eigenvalue weighted by Gasteiger charge is 2.65. The summed E-state index contributed by atoms with van der Waals surface area (Å²) in [6, 6.07) is 0. The number of fused-ring (bicyclic) bond motifs is 4. The van der Waals surface area contributed by atoms with Gasteiger partial charge in [0, 0.05) is 10.2 Å². The van der Waals surface area contributed by atoms with Gasteiger partial charge in [-0.2, -0.15) is 0 Å². The van der Waals surface area contributed by atoms with Crippen LogP contribution in [0.1, 0.15) is 77.6 Å². The quantitative estimate of drug-likeness (QED) is 0.557. The average molecular weight is 411 g/mol. The Morgan fingerprint density at radius 2 is 1.56 bits per heavy atom. The summed E-state index contributed by atoms with van der Waals surface area (Å²) in [4.78, 5) is 0.317. The van der Waals surface area contributed by atoms with Crippen molar-refractivity contribution >= 4 is 15.9 Å². The molecule has 0 aromatic heterocycles. The first kappa shape index (κ1) is 17.5. The van der Waals surface area contributed by atoms with Crippen LogP contribution in [0.4, 0.5) is 0 Å². The van der Waals surface area contributed by atoms with E-state index >= 15 is 0 Å². The molecule has 2 N–H and O–H groups in total. The number of aliphatic hydroxyl groups is 2. The average Bonchev–Trinajstić information content (AvgIpc) is 2.99. The third-order valence-corrected chi connectivity index (χ3v) is 11.0. The summed E-state index contributed by atoms with van der Waals surface area (Å²) in [6.45, 7) is 2.56. The van der Waals surface area contributed by atoms with Crippen molar-refractivity contribution in [2.45, 2.75) is 94.6 Å². The highest BCUT2D eigenvalue weighted by Crippen LogP contribution is 2.70. The molecular formula is C22H35BrO2. The molecule has 0 bridgehead atoms. The lowest BCUT2D eigenvalue weighted by Gasteiger charge is -2.63. The molecular weight excluding hydrogens is 376 g/mol. The Morgan fingerprint density at radius 3 is 2.40 bits per heavy atom. The fraction of sp³-hybridized carbons (Fsp3) is 1.00. The van der Waals surface area contributed by atoms with Gasteiger partial charge in [-0.3, -0.25) is 0 Å². The van der Waals surface area contributed by atoms with Crippen molar-refractivity contribution in [2.75, 3.05) is 0 Å². The molecule has 5 aliphatic carbocycles. The number of alkyl halides is 1. The number of rotatable bonds is 0. The van der Waals surface area contributed by atoms with Gasteiger partial charge in [-0.15, -0.1) is 0 Å². The second kappa shape index (κ2) is 5.95. The molecule has 0 aromatic rings. The monoisotopic (exact) mass is 410 g/mol. The zero-order valence-corrected chi connectivity index (χ0v) is 17.3. The standard InChI is InChI=1S/C22H35BrO2/c1-21-10-8-15(24)12-14(21)2-5-16-17(21)9-11-22-13(3-6-18(16)22)4-7-19(23)20(22)25/h13-20,24-25H,2-12H2,1H3/t13-,14-,15-,16-,17+,18+,19+,20?,21+,22?/m1/s1. The van der Waals surface area contributed by atoms with E-state index in [1.165, 1.54) is 51.4 Å². The molecule has 0 heterocycles. The fourth-order valence-electron chi connectivity index (χ4n) is 8.95. The maximum atomic E-state index is 11.3. The predicted octanol–water partition coefficient (Wildman–Crippen LogP) is 4.90. The third kappa shape index (κ3) is 2.27. The fourth-order valence-corrected chi connectivity index (χ4v) is 9.70. The van der Waals surface area contributed by atoms with Gasteiger partial charge in [-0.1, -0.05) is 22.9 Å². The Balaban J connectivity index is 1.47. The van der Waals surface area contributed by atoms with Crippen LogP contribution in [0, 0.1) is 40.4 Å². The Kier molecular flexibility index (Phi) is 4.16. The van der Waals surface area contributed by atoms with Gasteiger partial charge >= 0.3 is 0 Å². The minimum atomic E-state index is -0.126. The SMILES string of the molecule is C[C@]12CC[C@@H](O)C[C@H]1CC[C@H]1[C@@H]3CC[C@@H]4CC[C@H](Br)C(O)C43CC[C@@H]12. The van der Waals surface area contributed by atoms with Crippen molar-refractivity contribution in [2.24, 2.45) is 40.4 Å². The topological polar surface area (TPSA) is 40.5 Å². The molecule has 5 saturated carbocycles. The predicted molar refractivity (Wildman–Crippen MR) is 104 cm³/mol. The lowest BCUT2D eigenvalue weighted by molar-refractivity contribution is -0.166. The van der Waals surface area contributed by atoms with Crippen molar-refractivity contribution in [3.63, 3.8) is 0 Å². The van der Waals surface area contributed by atoms with Crippen LogP contribution >= 0.6 is 15.9 Å². The maximum Gasteiger partial charge on any atom is 0.0726 e. The van der Waals surface area contributed by atoms with Crippen molar-refractivity contribution in [3.05, 3.63) is 0 Å². The minimum Gasteiger partial charge on any atom is -0.393 e. The normalized spacial score (nSPS) is 61.0. The summed E-state index contributed by atoms with van der Waals surface area (Å²) in [7, 11) is 0. The van der Waals surface area contributed by atoms with Gasteiger partial charge in [0.25, 0.3) is 0 Å².